The van der Waals surface area contributed by atoms with Crippen LogP contribution < -0.4 is 0 Å². The van der Waals surface area contributed by atoms with E-state index in [1.807, 2.05) is 4.90 Å². The second-order valence-electron chi connectivity index (χ2n) is 4.71. The highest BCUT2D eigenvalue weighted by Crippen LogP contribution is 2.30. The molecule has 3 nitrogen and oxygen atoms in total. The highest BCUT2D eigenvalue weighted by atomic mass is 35.5. The van der Waals surface area contributed by atoms with Gasteiger partial charge in [0.2, 0.25) is 0 Å². The number of carbonyl (C=O) groups excluding carboxylic acids is 1. The lowest BCUT2D eigenvalue weighted by atomic mass is 10.0. The van der Waals surface area contributed by atoms with Crippen LogP contribution in [0.4, 0.5) is 0 Å². The molecular weight excluding hydrogens is 224 g/mol. The zero-order valence-electron chi connectivity index (χ0n) is 9.53. The van der Waals surface area contributed by atoms with Gasteiger partial charge in [0.05, 0.1) is 5.56 Å². The summed E-state index contributed by atoms with van der Waals surface area (Å²) >= 11 is 5.93. The van der Waals surface area contributed by atoms with Crippen molar-refractivity contribution in [2.45, 2.75) is 32.2 Å². The summed E-state index contributed by atoms with van der Waals surface area (Å²) in [6.45, 7) is 4.97. The molecule has 1 aliphatic rings. The number of hydrogen-bond donors (Lipinski definition) is 0. The Morgan fingerprint density at radius 2 is 2.31 bits per heavy atom. The second-order valence-corrected chi connectivity index (χ2v) is 5.07. The Bertz CT molecular complexity index is 417. The molecule has 0 unspecified atom stereocenters. The van der Waals surface area contributed by atoms with Crippen LogP contribution in [0, 0.1) is 0 Å². The third kappa shape index (κ3) is 1.92. The van der Waals surface area contributed by atoms with E-state index in [-0.39, 0.29) is 16.6 Å². The Morgan fingerprint density at radius 1 is 1.56 bits per heavy atom. The van der Waals surface area contributed by atoms with Gasteiger partial charge in [0.15, 0.2) is 0 Å². The lowest BCUT2D eigenvalue weighted by molar-refractivity contribution is 0.0652. The van der Waals surface area contributed by atoms with Crippen molar-refractivity contribution < 1.29 is 4.79 Å². The van der Waals surface area contributed by atoms with Gasteiger partial charge in [-0.25, -0.2) is 4.98 Å². The number of carbonyl (C=O) groups is 1. The maximum atomic E-state index is 12.3. The summed E-state index contributed by atoms with van der Waals surface area (Å²) in [7, 11) is 0. The number of pyridine rings is 1. The number of halogens is 1. The summed E-state index contributed by atoms with van der Waals surface area (Å²) in [5.74, 6) is -0.0133. The average Bonchev–Trinajstić information content (AvgIpc) is 2.58. The minimum absolute atomic E-state index is 0.0133. The van der Waals surface area contributed by atoms with E-state index in [1.165, 1.54) is 0 Å². The molecule has 0 aromatic carbocycles. The van der Waals surface area contributed by atoms with Crippen LogP contribution in [0.5, 0.6) is 0 Å². The summed E-state index contributed by atoms with van der Waals surface area (Å²) in [5, 5.41) is 0.287. The molecule has 0 aliphatic carbocycles. The topological polar surface area (TPSA) is 33.2 Å². The van der Waals surface area contributed by atoms with Crippen molar-refractivity contribution in [1.82, 2.24) is 9.88 Å². The molecule has 0 radical (unpaired) electrons. The van der Waals surface area contributed by atoms with Crippen LogP contribution in [-0.4, -0.2) is 27.9 Å². The van der Waals surface area contributed by atoms with E-state index in [1.54, 1.807) is 18.3 Å². The second kappa shape index (κ2) is 4.06. The fourth-order valence-electron chi connectivity index (χ4n) is 2.17. The van der Waals surface area contributed by atoms with Gasteiger partial charge in [-0.1, -0.05) is 11.6 Å². The average molecular weight is 239 g/mol. The summed E-state index contributed by atoms with van der Waals surface area (Å²) in [6.07, 6.45) is 3.68. The summed E-state index contributed by atoms with van der Waals surface area (Å²) < 4.78 is 0. The number of amides is 1. The smallest absolute Gasteiger partial charge is 0.257 e. The van der Waals surface area contributed by atoms with Crippen molar-refractivity contribution in [3.8, 4) is 0 Å². The lowest BCUT2D eigenvalue weighted by Crippen LogP contribution is -2.42. The van der Waals surface area contributed by atoms with Crippen LogP contribution in [0.25, 0.3) is 0 Å². The molecule has 2 heterocycles. The highest BCUT2D eigenvalue weighted by molar-refractivity contribution is 6.32. The first-order valence-corrected chi connectivity index (χ1v) is 5.83. The minimum atomic E-state index is -0.0732. The molecule has 1 saturated heterocycles. The summed E-state index contributed by atoms with van der Waals surface area (Å²) in [6, 6.07) is 3.47. The molecule has 1 aromatic rings. The maximum absolute atomic E-state index is 12.3. The number of likely N-dealkylation sites (tertiary alicyclic amines) is 1. The molecule has 4 heteroatoms. The van der Waals surface area contributed by atoms with Crippen molar-refractivity contribution in [2.75, 3.05) is 6.54 Å². The van der Waals surface area contributed by atoms with Crippen LogP contribution in [0.3, 0.4) is 0 Å². The Kier molecular flexibility index (Phi) is 2.89. The summed E-state index contributed by atoms with van der Waals surface area (Å²) in [5.41, 5.74) is 0.426. The van der Waals surface area contributed by atoms with E-state index in [2.05, 4.69) is 18.8 Å². The van der Waals surface area contributed by atoms with Crippen LogP contribution in [-0.2, 0) is 0 Å². The van der Waals surface area contributed by atoms with Crippen molar-refractivity contribution in [1.29, 1.82) is 0 Å². The Hall–Kier alpha value is -1.09. The van der Waals surface area contributed by atoms with Gasteiger partial charge in [-0.2, -0.15) is 0 Å². The van der Waals surface area contributed by atoms with Gasteiger partial charge < -0.3 is 4.90 Å². The van der Waals surface area contributed by atoms with Gasteiger partial charge in [-0.15, -0.1) is 0 Å². The van der Waals surface area contributed by atoms with E-state index in [9.17, 15) is 4.79 Å². The number of nitrogens with zero attached hydrogens (tertiary/aromatic N) is 2. The Labute approximate surface area is 100 Å². The standard InChI is InChI=1S/C12H15ClN2O/c1-12(2)6-4-8-15(12)11(16)9-5-3-7-14-10(9)13/h3,5,7H,4,6,8H2,1-2H3. The van der Waals surface area contributed by atoms with Crippen molar-refractivity contribution in [3.05, 3.63) is 29.0 Å². The molecule has 0 N–H and O–H groups in total. The quantitative estimate of drug-likeness (QED) is 0.705. The van der Waals surface area contributed by atoms with E-state index in [4.69, 9.17) is 11.6 Å². The largest absolute Gasteiger partial charge is 0.333 e. The van der Waals surface area contributed by atoms with Gasteiger partial charge in [-0.3, -0.25) is 4.79 Å². The van der Waals surface area contributed by atoms with Gasteiger partial charge in [-0.05, 0) is 38.8 Å². The fourth-order valence-corrected chi connectivity index (χ4v) is 2.37. The number of hydrogen-bond acceptors (Lipinski definition) is 2. The van der Waals surface area contributed by atoms with Crippen LogP contribution in [0.1, 0.15) is 37.0 Å². The lowest BCUT2D eigenvalue weighted by Gasteiger charge is -2.31. The van der Waals surface area contributed by atoms with Crippen LogP contribution in [0.2, 0.25) is 5.15 Å². The third-order valence-corrected chi connectivity index (χ3v) is 3.44. The van der Waals surface area contributed by atoms with Gasteiger partial charge in [0, 0.05) is 18.3 Å². The van der Waals surface area contributed by atoms with E-state index >= 15 is 0 Å². The molecule has 1 amide bonds. The zero-order chi connectivity index (χ0) is 11.8. The molecule has 1 aromatic heterocycles. The van der Waals surface area contributed by atoms with Gasteiger partial charge in [0.1, 0.15) is 5.15 Å². The Morgan fingerprint density at radius 3 is 2.88 bits per heavy atom. The van der Waals surface area contributed by atoms with Crippen molar-refractivity contribution in [2.24, 2.45) is 0 Å². The molecule has 16 heavy (non-hydrogen) atoms. The molecule has 0 spiro atoms. The van der Waals surface area contributed by atoms with Gasteiger partial charge >= 0.3 is 0 Å². The first-order valence-electron chi connectivity index (χ1n) is 5.45. The van der Waals surface area contributed by atoms with Crippen molar-refractivity contribution >= 4 is 17.5 Å². The van der Waals surface area contributed by atoms with Crippen molar-refractivity contribution in [3.63, 3.8) is 0 Å². The van der Waals surface area contributed by atoms with E-state index < -0.39 is 0 Å². The third-order valence-electron chi connectivity index (χ3n) is 3.14. The number of rotatable bonds is 1. The molecule has 1 aliphatic heterocycles. The first kappa shape index (κ1) is 11.4. The number of aromatic nitrogens is 1. The maximum Gasteiger partial charge on any atom is 0.257 e. The molecule has 0 bridgehead atoms. The molecular formula is C12H15ClN2O. The molecule has 0 atom stereocenters. The molecule has 2 rings (SSSR count). The molecule has 86 valence electrons. The predicted molar refractivity (Wildman–Crippen MR) is 63.6 cm³/mol. The zero-order valence-corrected chi connectivity index (χ0v) is 10.3. The highest BCUT2D eigenvalue weighted by Gasteiger charge is 2.36. The molecule has 0 saturated carbocycles. The normalized spacial score (nSPS) is 18.8. The van der Waals surface area contributed by atoms with E-state index in [0.717, 1.165) is 19.4 Å². The van der Waals surface area contributed by atoms with E-state index in [0.29, 0.717) is 5.56 Å². The van der Waals surface area contributed by atoms with Gasteiger partial charge in [0.25, 0.3) is 5.91 Å². The van der Waals surface area contributed by atoms with Crippen LogP contribution >= 0.6 is 11.6 Å². The minimum Gasteiger partial charge on any atom is -0.333 e. The van der Waals surface area contributed by atoms with Crippen LogP contribution in [0.15, 0.2) is 18.3 Å². The monoisotopic (exact) mass is 238 g/mol. The fraction of sp³-hybridized carbons (Fsp3) is 0.500. The summed E-state index contributed by atoms with van der Waals surface area (Å²) in [4.78, 5) is 18.1. The predicted octanol–water partition coefficient (Wildman–Crippen LogP) is 2.75. The molecule has 1 fully saturated rings. The SMILES string of the molecule is CC1(C)CCCN1C(=O)c1cccnc1Cl. The Balaban J connectivity index is 2.30. The first-order chi connectivity index (χ1) is 7.52.